The van der Waals surface area contributed by atoms with E-state index in [-0.39, 0.29) is 5.41 Å². The fourth-order valence-corrected chi connectivity index (χ4v) is 1.44. The number of hydrogen-bond acceptors (Lipinski definition) is 3. The summed E-state index contributed by atoms with van der Waals surface area (Å²) in [5, 5.41) is 0. The number of carbonyl (C=O) groups excluding carboxylic acids is 1. The highest BCUT2D eigenvalue weighted by Gasteiger charge is 2.44. The zero-order chi connectivity index (χ0) is 9.31. The molecule has 0 radical (unpaired) electrons. The lowest BCUT2D eigenvalue weighted by Gasteiger charge is -2.07. The molecular weight excluding hydrogens is 166 g/mol. The van der Waals surface area contributed by atoms with Gasteiger partial charge in [0.15, 0.2) is 0 Å². The summed E-state index contributed by atoms with van der Waals surface area (Å²) in [5.41, 5.74) is 0.797. The van der Waals surface area contributed by atoms with Gasteiger partial charge in [0.05, 0.1) is 12.5 Å². The van der Waals surface area contributed by atoms with Crippen molar-refractivity contribution in [1.82, 2.24) is 4.98 Å². The summed E-state index contributed by atoms with van der Waals surface area (Å²) in [4.78, 5) is 14.8. The van der Waals surface area contributed by atoms with E-state index in [2.05, 4.69) is 4.98 Å². The first-order chi connectivity index (χ1) is 6.30. The third-order valence-corrected chi connectivity index (χ3v) is 2.53. The maximum absolute atomic E-state index is 10.8. The lowest BCUT2D eigenvalue weighted by Crippen LogP contribution is -2.07. The van der Waals surface area contributed by atoms with Crippen molar-refractivity contribution in [2.24, 2.45) is 0 Å². The van der Waals surface area contributed by atoms with Crippen molar-refractivity contribution < 1.29 is 9.53 Å². The van der Waals surface area contributed by atoms with Crippen LogP contribution in [0.2, 0.25) is 0 Å². The van der Waals surface area contributed by atoms with Crippen LogP contribution >= 0.6 is 0 Å². The van der Waals surface area contributed by atoms with Gasteiger partial charge in [0.25, 0.3) is 0 Å². The smallest absolute Gasteiger partial charge is 0.213 e. The van der Waals surface area contributed by atoms with E-state index < -0.39 is 0 Å². The van der Waals surface area contributed by atoms with Gasteiger partial charge in [-0.3, -0.25) is 0 Å². The molecule has 1 fully saturated rings. The highest BCUT2D eigenvalue weighted by Crippen LogP contribution is 2.46. The van der Waals surface area contributed by atoms with Gasteiger partial charge in [-0.2, -0.15) is 0 Å². The van der Waals surface area contributed by atoms with E-state index in [9.17, 15) is 4.79 Å². The van der Waals surface area contributed by atoms with Gasteiger partial charge in [0.2, 0.25) is 5.88 Å². The third kappa shape index (κ3) is 1.30. The van der Waals surface area contributed by atoms with Crippen molar-refractivity contribution in [2.75, 3.05) is 7.11 Å². The molecule has 3 nitrogen and oxygen atoms in total. The van der Waals surface area contributed by atoms with Crippen LogP contribution in [0, 0.1) is 0 Å². The molecule has 0 aliphatic heterocycles. The van der Waals surface area contributed by atoms with E-state index in [0.29, 0.717) is 5.88 Å². The first-order valence-corrected chi connectivity index (χ1v) is 4.28. The number of nitrogens with zero attached hydrogens (tertiary/aromatic N) is 1. The Morgan fingerprint density at radius 1 is 1.62 bits per heavy atom. The highest BCUT2D eigenvalue weighted by molar-refractivity contribution is 5.73. The number of aromatic nitrogens is 1. The van der Waals surface area contributed by atoms with Crippen molar-refractivity contribution >= 4 is 6.29 Å². The summed E-state index contributed by atoms with van der Waals surface area (Å²) in [7, 11) is 1.58. The van der Waals surface area contributed by atoms with Gasteiger partial charge in [-0.05, 0) is 24.5 Å². The molecule has 13 heavy (non-hydrogen) atoms. The quantitative estimate of drug-likeness (QED) is 0.653. The van der Waals surface area contributed by atoms with E-state index in [1.165, 1.54) is 0 Å². The molecule has 1 heterocycles. The Morgan fingerprint density at radius 3 is 2.92 bits per heavy atom. The minimum atomic E-state index is -0.226. The van der Waals surface area contributed by atoms with Gasteiger partial charge < -0.3 is 9.53 Å². The Labute approximate surface area is 76.7 Å². The summed E-state index contributed by atoms with van der Waals surface area (Å²) in [6, 6.07) is 3.71. The van der Waals surface area contributed by atoms with E-state index >= 15 is 0 Å². The number of pyridine rings is 1. The Kier molecular flexibility index (Phi) is 1.79. The maximum atomic E-state index is 10.8. The zero-order valence-corrected chi connectivity index (χ0v) is 7.49. The van der Waals surface area contributed by atoms with Crippen LogP contribution < -0.4 is 4.74 Å². The van der Waals surface area contributed by atoms with Crippen molar-refractivity contribution in [3.8, 4) is 5.88 Å². The van der Waals surface area contributed by atoms with Crippen LogP contribution in [0.4, 0.5) is 0 Å². The molecule has 0 saturated heterocycles. The summed E-state index contributed by atoms with van der Waals surface area (Å²) < 4.78 is 5.00. The lowest BCUT2D eigenvalue weighted by molar-refractivity contribution is -0.109. The number of rotatable bonds is 3. The molecule has 68 valence electrons. The zero-order valence-electron chi connectivity index (χ0n) is 7.49. The molecule has 1 aliphatic carbocycles. The minimum Gasteiger partial charge on any atom is -0.481 e. The number of ether oxygens (including phenoxy) is 1. The third-order valence-electron chi connectivity index (χ3n) is 2.53. The molecule has 1 aromatic rings. The summed E-state index contributed by atoms with van der Waals surface area (Å²) >= 11 is 0. The number of carbonyl (C=O) groups is 1. The van der Waals surface area contributed by atoms with E-state index in [4.69, 9.17) is 4.74 Å². The van der Waals surface area contributed by atoms with Crippen LogP contribution in [-0.4, -0.2) is 18.4 Å². The molecule has 0 unspecified atom stereocenters. The summed E-state index contributed by atoms with van der Waals surface area (Å²) in [5.74, 6) is 0.575. The summed E-state index contributed by atoms with van der Waals surface area (Å²) in [6.07, 6.45) is 4.60. The molecule has 0 atom stereocenters. The Hall–Kier alpha value is -1.38. The number of aldehydes is 1. The van der Waals surface area contributed by atoms with Crippen molar-refractivity contribution in [2.45, 2.75) is 18.3 Å². The fraction of sp³-hybridized carbons (Fsp3) is 0.400. The van der Waals surface area contributed by atoms with Crippen LogP contribution in [0.3, 0.4) is 0 Å². The van der Waals surface area contributed by atoms with Gasteiger partial charge in [0.1, 0.15) is 6.29 Å². The fourth-order valence-electron chi connectivity index (χ4n) is 1.44. The predicted octanol–water partition coefficient (Wildman–Crippen LogP) is 1.32. The minimum absolute atomic E-state index is 0.226. The van der Waals surface area contributed by atoms with Crippen LogP contribution in [0.1, 0.15) is 18.4 Å². The lowest BCUT2D eigenvalue weighted by atomic mass is 9.99. The molecule has 0 amide bonds. The van der Waals surface area contributed by atoms with E-state index in [1.54, 1.807) is 13.3 Å². The monoisotopic (exact) mass is 177 g/mol. The molecule has 0 N–H and O–H groups in total. The Bertz CT molecular complexity index is 331. The topological polar surface area (TPSA) is 39.2 Å². The predicted molar refractivity (Wildman–Crippen MR) is 47.8 cm³/mol. The maximum Gasteiger partial charge on any atom is 0.213 e. The second-order valence-corrected chi connectivity index (χ2v) is 3.36. The van der Waals surface area contributed by atoms with Gasteiger partial charge in [-0.25, -0.2) is 4.98 Å². The average Bonchev–Trinajstić information content (AvgIpc) is 2.99. The second-order valence-electron chi connectivity index (χ2n) is 3.36. The van der Waals surface area contributed by atoms with Crippen LogP contribution in [0.15, 0.2) is 18.3 Å². The Morgan fingerprint density at radius 2 is 2.38 bits per heavy atom. The molecule has 1 aliphatic rings. The first kappa shape index (κ1) is 8.23. The van der Waals surface area contributed by atoms with Crippen molar-refractivity contribution in [3.05, 3.63) is 23.9 Å². The van der Waals surface area contributed by atoms with Gasteiger partial charge in [-0.15, -0.1) is 0 Å². The van der Waals surface area contributed by atoms with Gasteiger partial charge >= 0.3 is 0 Å². The Balaban J connectivity index is 2.35. The normalized spacial score (nSPS) is 17.9. The van der Waals surface area contributed by atoms with Crippen LogP contribution in [0.5, 0.6) is 5.88 Å². The SMILES string of the molecule is COc1cc(C2(C=O)CC2)ccn1. The standard InChI is InChI=1S/C10H11NO2/c1-13-9-6-8(2-5-11-9)10(7-12)3-4-10/h2,5-7H,3-4H2,1H3. The van der Waals surface area contributed by atoms with Crippen molar-refractivity contribution in [3.63, 3.8) is 0 Å². The van der Waals surface area contributed by atoms with E-state index in [0.717, 1.165) is 24.7 Å². The molecule has 0 aromatic carbocycles. The van der Waals surface area contributed by atoms with Crippen LogP contribution in [-0.2, 0) is 10.2 Å². The number of methoxy groups -OCH3 is 1. The average molecular weight is 177 g/mol. The van der Waals surface area contributed by atoms with E-state index in [1.807, 2.05) is 12.1 Å². The molecular formula is C10H11NO2. The molecule has 1 saturated carbocycles. The second kappa shape index (κ2) is 2.83. The van der Waals surface area contributed by atoms with Crippen LogP contribution in [0.25, 0.3) is 0 Å². The summed E-state index contributed by atoms with van der Waals surface area (Å²) in [6.45, 7) is 0. The molecule has 3 heteroatoms. The largest absolute Gasteiger partial charge is 0.481 e. The highest BCUT2D eigenvalue weighted by atomic mass is 16.5. The molecule has 1 aromatic heterocycles. The molecule has 0 bridgehead atoms. The van der Waals surface area contributed by atoms with Crippen molar-refractivity contribution in [1.29, 1.82) is 0 Å². The van der Waals surface area contributed by atoms with Gasteiger partial charge in [-0.1, -0.05) is 0 Å². The first-order valence-electron chi connectivity index (χ1n) is 4.28. The molecule has 2 rings (SSSR count). The molecule has 0 spiro atoms. The number of hydrogen-bond donors (Lipinski definition) is 0. The van der Waals surface area contributed by atoms with Gasteiger partial charge in [0, 0.05) is 12.3 Å².